The van der Waals surface area contributed by atoms with Gasteiger partial charge in [0.25, 0.3) is 0 Å². The summed E-state index contributed by atoms with van der Waals surface area (Å²) in [6.45, 7) is 10.6. The van der Waals surface area contributed by atoms with Crippen molar-refractivity contribution in [2.75, 3.05) is 39.3 Å². The average molecular weight is 345 g/mol. The van der Waals surface area contributed by atoms with Crippen LogP contribution in [-0.2, 0) is 6.42 Å². The summed E-state index contributed by atoms with van der Waals surface area (Å²) in [5.41, 5.74) is 1.30. The van der Waals surface area contributed by atoms with E-state index in [1.165, 1.54) is 38.0 Å². The fraction of sp³-hybridized carbons (Fsp3) is 0.650. The number of fused-ring (bicyclic) bond motifs is 1. The second kappa shape index (κ2) is 9.09. The third-order valence-electron chi connectivity index (χ3n) is 4.97. The molecule has 138 valence electrons. The minimum Gasteiger partial charge on any atom is -0.488 e. The van der Waals surface area contributed by atoms with Crippen LogP contribution in [0.4, 0.5) is 0 Å². The molecule has 2 aliphatic rings. The lowest BCUT2D eigenvalue weighted by Crippen LogP contribution is -2.42. The highest BCUT2D eigenvalue weighted by atomic mass is 16.5. The van der Waals surface area contributed by atoms with Crippen LogP contribution in [0.3, 0.4) is 0 Å². The van der Waals surface area contributed by atoms with Crippen LogP contribution in [0.2, 0.25) is 0 Å². The van der Waals surface area contributed by atoms with Crippen molar-refractivity contribution in [2.24, 2.45) is 10.9 Å². The summed E-state index contributed by atoms with van der Waals surface area (Å²) >= 11 is 0. The molecule has 0 bridgehead atoms. The number of likely N-dealkylation sites (tertiary alicyclic amines) is 1. The standard InChI is InChI=1S/C20H32N4O/c1-3-10-24-11-9-16(15-24)13-22-20(21-4-2)23-14-18-12-17-7-5-6-8-19(17)25-18/h5-8,16,18H,3-4,9-15H2,1-2H3,(H2,21,22,23). The molecule has 3 rings (SSSR count). The van der Waals surface area contributed by atoms with Crippen molar-refractivity contribution < 1.29 is 4.74 Å². The fourth-order valence-electron chi connectivity index (χ4n) is 3.72. The summed E-state index contributed by atoms with van der Waals surface area (Å²) in [7, 11) is 0. The summed E-state index contributed by atoms with van der Waals surface area (Å²) < 4.78 is 6.00. The zero-order valence-corrected chi connectivity index (χ0v) is 15.6. The molecule has 0 aromatic heterocycles. The number of para-hydroxylation sites is 1. The number of guanidine groups is 1. The molecule has 25 heavy (non-hydrogen) atoms. The Bertz CT molecular complexity index is 550. The molecule has 0 radical (unpaired) electrons. The molecular formula is C20H32N4O. The first-order valence-corrected chi connectivity index (χ1v) is 9.77. The third-order valence-corrected chi connectivity index (χ3v) is 4.97. The normalized spacial score (nSPS) is 23.4. The Morgan fingerprint density at radius 1 is 1.28 bits per heavy atom. The van der Waals surface area contributed by atoms with Gasteiger partial charge in [0.15, 0.2) is 5.96 Å². The maximum atomic E-state index is 6.00. The Morgan fingerprint density at radius 2 is 2.16 bits per heavy atom. The number of rotatable bonds is 7. The van der Waals surface area contributed by atoms with E-state index < -0.39 is 0 Å². The van der Waals surface area contributed by atoms with Crippen LogP contribution in [0.15, 0.2) is 29.3 Å². The second-order valence-electron chi connectivity index (χ2n) is 7.11. The van der Waals surface area contributed by atoms with Crippen molar-refractivity contribution in [2.45, 2.75) is 39.2 Å². The molecule has 0 saturated carbocycles. The lowest BCUT2D eigenvalue weighted by atomic mass is 10.1. The smallest absolute Gasteiger partial charge is 0.191 e. The van der Waals surface area contributed by atoms with Gasteiger partial charge in [-0.2, -0.15) is 0 Å². The van der Waals surface area contributed by atoms with E-state index in [9.17, 15) is 0 Å². The fourth-order valence-corrected chi connectivity index (χ4v) is 3.72. The molecule has 2 N–H and O–H groups in total. The summed E-state index contributed by atoms with van der Waals surface area (Å²) in [5.74, 6) is 2.63. The highest BCUT2D eigenvalue weighted by Crippen LogP contribution is 2.27. The van der Waals surface area contributed by atoms with Crippen molar-refractivity contribution in [1.82, 2.24) is 15.5 Å². The van der Waals surface area contributed by atoms with Gasteiger partial charge in [-0.3, -0.25) is 4.99 Å². The van der Waals surface area contributed by atoms with Crippen LogP contribution in [0.25, 0.3) is 0 Å². The molecule has 0 spiro atoms. The number of benzene rings is 1. The highest BCUT2D eigenvalue weighted by Gasteiger charge is 2.23. The van der Waals surface area contributed by atoms with Crippen molar-refractivity contribution >= 4 is 5.96 Å². The van der Waals surface area contributed by atoms with Gasteiger partial charge in [-0.15, -0.1) is 0 Å². The molecule has 2 heterocycles. The Labute approximate surface area is 151 Å². The molecule has 1 fully saturated rings. The van der Waals surface area contributed by atoms with Crippen LogP contribution in [0, 0.1) is 5.92 Å². The predicted molar refractivity (Wildman–Crippen MR) is 103 cm³/mol. The van der Waals surface area contributed by atoms with E-state index in [0.29, 0.717) is 5.92 Å². The summed E-state index contributed by atoms with van der Waals surface area (Å²) in [6.07, 6.45) is 3.67. The number of nitrogens with one attached hydrogen (secondary N) is 2. The first kappa shape index (κ1) is 18.1. The number of hydrogen-bond donors (Lipinski definition) is 2. The molecule has 2 unspecified atom stereocenters. The second-order valence-corrected chi connectivity index (χ2v) is 7.11. The largest absolute Gasteiger partial charge is 0.488 e. The predicted octanol–water partition coefficient (Wildman–Crippen LogP) is 2.28. The summed E-state index contributed by atoms with van der Waals surface area (Å²) in [5, 5.41) is 6.82. The van der Waals surface area contributed by atoms with E-state index in [0.717, 1.165) is 37.8 Å². The molecule has 0 amide bonds. The van der Waals surface area contributed by atoms with Gasteiger partial charge in [0.05, 0.1) is 6.54 Å². The van der Waals surface area contributed by atoms with Gasteiger partial charge in [0, 0.05) is 26.1 Å². The van der Waals surface area contributed by atoms with Gasteiger partial charge in [0.1, 0.15) is 11.9 Å². The Morgan fingerprint density at radius 3 is 2.96 bits per heavy atom. The van der Waals surface area contributed by atoms with Crippen LogP contribution >= 0.6 is 0 Å². The quantitative estimate of drug-likeness (QED) is 0.588. The molecule has 1 aromatic carbocycles. The first-order chi connectivity index (χ1) is 12.3. The number of ether oxygens (including phenoxy) is 1. The van der Waals surface area contributed by atoms with Crippen molar-refractivity contribution in [3.63, 3.8) is 0 Å². The number of hydrogen-bond acceptors (Lipinski definition) is 3. The van der Waals surface area contributed by atoms with E-state index in [-0.39, 0.29) is 6.10 Å². The summed E-state index contributed by atoms with van der Waals surface area (Å²) in [6, 6.07) is 8.31. The van der Waals surface area contributed by atoms with Gasteiger partial charge in [-0.05, 0) is 50.4 Å². The Hall–Kier alpha value is -1.75. The molecule has 0 aliphatic carbocycles. The minimum absolute atomic E-state index is 0.188. The Balaban J connectivity index is 1.45. The van der Waals surface area contributed by atoms with Crippen LogP contribution in [-0.4, -0.2) is 56.2 Å². The van der Waals surface area contributed by atoms with E-state index in [1.54, 1.807) is 0 Å². The van der Waals surface area contributed by atoms with E-state index in [1.807, 2.05) is 6.07 Å². The van der Waals surface area contributed by atoms with E-state index >= 15 is 0 Å². The first-order valence-electron chi connectivity index (χ1n) is 9.77. The molecular weight excluding hydrogens is 312 g/mol. The molecule has 5 nitrogen and oxygen atoms in total. The maximum absolute atomic E-state index is 6.00. The average Bonchev–Trinajstić information content (AvgIpc) is 3.24. The minimum atomic E-state index is 0.188. The van der Waals surface area contributed by atoms with Gasteiger partial charge in [-0.1, -0.05) is 25.1 Å². The van der Waals surface area contributed by atoms with Gasteiger partial charge in [-0.25, -0.2) is 0 Å². The Kier molecular flexibility index (Phi) is 6.56. The van der Waals surface area contributed by atoms with Crippen molar-refractivity contribution in [3.05, 3.63) is 29.8 Å². The van der Waals surface area contributed by atoms with Crippen LogP contribution in [0.5, 0.6) is 5.75 Å². The molecule has 1 aromatic rings. The zero-order chi connectivity index (χ0) is 17.5. The van der Waals surface area contributed by atoms with Crippen LogP contribution in [0.1, 0.15) is 32.3 Å². The van der Waals surface area contributed by atoms with E-state index in [4.69, 9.17) is 9.73 Å². The molecule has 2 aliphatic heterocycles. The van der Waals surface area contributed by atoms with Crippen molar-refractivity contribution in [1.29, 1.82) is 0 Å². The van der Waals surface area contributed by atoms with Gasteiger partial charge < -0.3 is 20.3 Å². The number of aliphatic imine (C=N–C) groups is 1. The van der Waals surface area contributed by atoms with E-state index in [2.05, 4.69) is 47.6 Å². The SMILES string of the molecule is CCCN1CCC(CN=C(NCC)NCC2Cc3ccccc3O2)C1. The zero-order valence-electron chi connectivity index (χ0n) is 15.6. The van der Waals surface area contributed by atoms with Crippen LogP contribution < -0.4 is 15.4 Å². The molecule has 2 atom stereocenters. The molecule has 5 heteroatoms. The lowest BCUT2D eigenvalue weighted by Gasteiger charge is -2.16. The lowest BCUT2D eigenvalue weighted by molar-refractivity contribution is 0.235. The van der Waals surface area contributed by atoms with Gasteiger partial charge in [0.2, 0.25) is 0 Å². The highest BCUT2D eigenvalue weighted by molar-refractivity contribution is 5.79. The number of nitrogens with zero attached hydrogens (tertiary/aromatic N) is 2. The topological polar surface area (TPSA) is 48.9 Å². The summed E-state index contributed by atoms with van der Waals surface area (Å²) in [4.78, 5) is 7.37. The van der Waals surface area contributed by atoms with Crippen molar-refractivity contribution in [3.8, 4) is 5.75 Å². The third kappa shape index (κ3) is 5.11. The maximum Gasteiger partial charge on any atom is 0.191 e. The van der Waals surface area contributed by atoms with Gasteiger partial charge >= 0.3 is 0 Å². The monoisotopic (exact) mass is 344 g/mol. The molecule has 1 saturated heterocycles.